The second-order valence-electron chi connectivity index (χ2n) is 7.53. The van der Waals surface area contributed by atoms with Crippen LogP contribution in [0.3, 0.4) is 0 Å². The first kappa shape index (κ1) is 19.1. The van der Waals surface area contributed by atoms with Crippen molar-refractivity contribution in [2.75, 3.05) is 0 Å². The van der Waals surface area contributed by atoms with Crippen molar-refractivity contribution in [3.8, 4) is 5.75 Å². The summed E-state index contributed by atoms with van der Waals surface area (Å²) in [6, 6.07) is 6.18. The number of nitrogens with zero attached hydrogens (tertiary/aromatic N) is 2. The van der Waals surface area contributed by atoms with Crippen LogP contribution in [0.1, 0.15) is 50.2 Å². The number of halogens is 1. The van der Waals surface area contributed by atoms with E-state index in [0.717, 1.165) is 30.4 Å². The van der Waals surface area contributed by atoms with Crippen molar-refractivity contribution in [1.29, 1.82) is 0 Å². The standard InChI is InChI=1S/C20H25FN4O2/c1-20(2,22)19-24-16(17(26)18(27)25(19)3)15(13-5-4-6-13)23-11-12-7-9-14(21)10-8-12/h7-10,23,26H,4-6,11,22H2,1-3H3. The predicted molar refractivity (Wildman–Crippen MR) is 102 cm³/mol. The smallest absolute Gasteiger partial charge is 0.296 e. The van der Waals surface area contributed by atoms with Crippen LogP contribution >= 0.6 is 0 Å². The van der Waals surface area contributed by atoms with Crippen molar-refractivity contribution in [2.24, 2.45) is 12.8 Å². The molecule has 0 aliphatic heterocycles. The lowest BCUT2D eigenvalue weighted by molar-refractivity contribution is 0.428. The highest BCUT2D eigenvalue weighted by atomic mass is 19.1. The van der Waals surface area contributed by atoms with Crippen molar-refractivity contribution in [2.45, 2.75) is 45.2 Å². The average molecular weight is 372 g/mol. The summed E-state index contributed by atoms with van der Waals surface area (Å²) in [4.78, 5) is 17.1. The largest absolute Gasteiger partial charge is 0.501 e. The van der Waals surface area contributed by atoms with Gasteiger partial charge in [-0.1, -0.05) is 12.1 Å². The van der Waals surface area contributed by atoms with Crippen LogP contribution in [-0.4, -0.2) is 14.7 Å². The van der Waals surface area contributed by atoms with Gasteiger partial charge in [-0.2, -0.15) is 0 Å². The fourth-order valence-corrected chi connectivity index (χ4v) is 3.11. The van der Waals surface area contributed by atoms with Crippen molar-refractivity contribution in [3.05, 3.63) is 63.1 Å². The number of allylic oxidation sites excluding steroid dienone is 1. The molecule has 1 aliphatic carbocycles. The lowest BCUT2D eigenvalue weighted by Gasteiger charge is -2.26. The summed E-state index contributed by atoms with van der Waals surface area (Å²) in [5, 5.41) is 13.8. The molecule has 144 valence electrons. The second-order valence-corrected chi connectivity index (χ2v) is 7.53. The van der Waals surface area contributed by atoms with E-state index in [4.69, 9.17) is 5.73 Å². The van der Waals surface area contributed by atoms with Gasteiger partial charge in [0.25, 0.3) is 5.56 Å². The Morgan fingerprint density at radius 2 is 1.96 bits per heavy atom. The zero-order chi connectivity index (χ0) is 19.8. The minimum atomic E-state index is -0.845. The summed E-state index contributed by atoms with van der Waals surface area (Å²) < 4.78 is 14.4. The zero-order valence-corrected chi connectivity index (χ0v) is 15.8. The van der Waals surface area contributed by atoms with Crippen molar-refractivity contribution in [1.82, 2.24) is 14.9 Å². The molecule has 7 heteroatoms. The minimum absolute atomic E-state index is 0.225. The van der Waals surface area contributed by atoms with Gasteiger partial charge in [-0.25, -0.2) is 9.37 Å². The molecule has 1 aromatic carbocycles. The van der Waals surface area contributed by atoms with E-state index >= 15 is 0 Å². The number of nitrogens with one attached hydrogen (secondary N) is 1. The molecule has 1 heterocycles. The molecule has 4 N–H and O–H groups in total. The summed E-state index contributed by atoms with van der Waals surface area (Å²) in [5.74, 6) is -0.301. The van der Waals surface area contributed by atoms with Gasteiger partial charge < -0.3 is 16.2 Å². The Morgan fingerprint density at radius 3 is 2.48 bits per heavy atom. The maximum Gasteiger partial charge on any atom is 0.296 e. The Hall–Kier alpha value is -2.67. The topological polar surface area (TPSA) is 93.2 Å². The second kappa shape index (κ2) is 7.15. The summed E-state index contributed by atoms with van der Waals surface area (Å²) in [6.45, 7) is 3.95. The first-order valence-corrected chi connectivity index (χ1v) is 8.98. The van der Waals surface area contributed by atoms with Crippen LogP contribution in [0.5, 0.6) is 5.75 Å². The molecule has 1 fully saturated rings. The Balaban J connectivity index is 2.03. The highest BCUT2D eigenvalue weighted by Gasteiger charge is 2.27. The van der Waals surface area contributed by atoms with E-state index in [2.05, 4.69) is 10.3 Å². The number of aromatic hydroxyl groups is 1. The van der Waals surface area contributed by atoms with Crippen molar-refractivity contribution >= 4 is 5.70 Å². The number of aromatic nitrogens is 2. The molecular weight excluding hydrogens is 347 g/mol. The van der Waals surface area contributed by atoms with Crippen LogP contribution in [0.2, 0.25) is 0 Å². The third-order valence-corrected chi connectivity index (χ3v) is 4.77. The van der Waals surface area contributed by atoms with Gasteiger partial charge in [-0.05, 0) is 56.4 Å². The van der Waals surface area contributed by atoms with Gasteiger partial charge in [0.2, 0.25) is 5.75 Å². The minimum Gasteiger partial charge on any atom is -0.501 e. The molecule has 0 bridgehead atoms. The fourth-order valence-electron chi connectivity index (χ4n) is 3.11. The molecule has 0 saturated heterocycles. The molecule has 0 unspecified atom stereocenters. The molecule has 0 atom stereocenters. The molecule has 6 nitrogen and oxygen atoms in total. The van der Waals surface area contributed by atoms with Crippen molar-refractivity contribution < 1.29 is 9.50 Å². The Kier molecular flexibility index (Phi) is 5.06. The molecule has 0 radical (unpaired) electrons. The molecular formula is C20H25FN4O2. The molecule has 1 aliphatic rings. The van der Waals surface area contributed by atoms with Gasteiger partial charge in [0.05, 0.1) is 11.2 Å². The molecule has 3 rings (SSSR count). The lowest BCUT2D eigenvalue weighted by Crippen LogP contribution is -2.38. The van der Waals surface area contributed by atoms with Gasteiger partial charge in [0.15, 0.2) is 0 Å². The first-order valence-electron chi connectivity index (χ1n) is 8.98. The third-order valence-electron chi connectivity index (χ3n) is 4.77. The molecule has 27 heavy (non-hydrogen) atoms. The van der Waals surface area contributed by atoms with E-state index in [1.165, 1.54) is 16.7 Å². The summed E-state index contributed by atoms with van der Waals surface area (Å²) in [6.07, 6.45) is 2.81. The van der Waals surface area contributed by atoms with Gasteiger partial charge >= 0.3 is 0 Å². The van der Waals surface area contributed by atoms with E-state index in [1.807, 2.05) is 0 Å². The lowest BCUT2D eigenvalue weighted by atomic mass is 9.89. The van der Waals surface area contributed by atoms with Gasteiger partial charge in [-0.15, -0.1) is 0 Å². The average Bonchev–Trinajstić information content (AvgIpc) is 2.55. The van der Waals surface area contributed by atoms with Crippen LogP contribution in [-0.2, 0) is 19.1 Å². The van der Waals surface area contributed by atoms with Gasteiger partial charge in [-0.3, -0.25) is 9.36 Å². The maximum absolute atomic E-state index is 13.1. The first-order chi connectivity index (χ1) is 12.7. The summed E-state index contributed by atoms with van der Waals surface area (Å²) in [7, 11) is 1.55. The Bertz CT molecular complexity index is 934. The molecule has 1 aromatic heterocycles. The van der Waals surface area contributed by atoms with Crippen LogP contribution in [0.15, 0.2) is 34.6 Å². The monoisotopic (exact) mass is 372 g/mol. The van der Waals surface area contributed by atoms with Crippen LogP contribution in [0.25, 0.3) is 5.70 Å². The quantitative estimate of drug-likeness (QED) is 0.750. The Morgan fingerprint density at radius 1 is 1.33 bits per heavy atom. The SMILES string of the molecule is Cn1c(C(C)(C)N)nc(C(NCc2ccc(F)cc2)=C2CCC2)c(O)c1=O. The number of nitrogens with two attached hydrogens (primary N) is 1. The molecule has 0 spiro atoms. The number of hydrogen-bond acceptors (Lipinski definition) is 5. The predicted octanol–water partition coefficient (Wildman–Crippen LogP) is 2.50. The van der Waals surface area contributed by atoms with E-state index < -0.39 is 16.8 Å². The normalized spacial score (nSPS) is 14.0. The third kappa shape index (κ3) is 3.88. The van der Waals surface area contributed by atoms with E-state index in [9.17, 15) is 14.3 Å². The fraction of sp³-hybridized carbons (Fsp3) is 0.400. The maximum atomic E-state index is 13.1. The van der Waals surface area contributed by atoms with Crippen LogP contribution < -0.4 is 16.6 Å². The van der Waals surface area contributed by atoms with Crippen molar-refractivity contribution in [3.63, 3.8) is 0 Å². The van der Waals surface area contributed by atoms with E-state index in [0.29, 0.717) is 18.1 Å². The highest BCUT2D eigenvalue weighted by molar-refractivity contribution is 5.69. The number of rotatable bonds is 5. The van der Waals surface area contributed by atoms with E-state index in [-0.39, 0.29) is 11.5 Å². The molecule has 2 aromatic rings. The number of benzene rings is 1. The van der Waals surface area contributed by atoms with Gasteiger partial charge in [0, 0.05) is 13.6 Å². The zero-order valence-electron chi connectivity index (χ0n) is 15.8. The summed E-state index contributed by atoms with van der Waals surface area (Å²) >= 11 is 0. The van der Waals surface area contributed by atoms with Crippen LogP contribution in [0.4, 0.5) is 4.39 Å². The molecule has 0 amide bonds. The van der Waals surface area contributed by atoms with Gasteiger partial charge in [0.1, 0.15) is 17.3 Å². The number of hydrogen-bond donors (Lipinski definition) is 3. The Labute approximate surface area is 157 Å². The molecule has 1 saturated carbocycles. The summed E-state index contributed by atoms with van der Waals surface area (Å²) in [5.41, 5.74) is 7.67. The van der Waals surface area contributed by atoms with E-state index in [1.54, 1.807) is 33.0 Å². The highest BCUT2D eigenvalue weighted by Crippen LogP contribution is 2.34. The van der Waals surface area contributed by atoms with Crippen LogP contribution in [0, 0.1) is 5.82 Å².